The van der Waals surface area contributed by atoms with Gasteiger partial charge in [0, 0.05) is 5.56 Å². The number of hydrogen-bond donors (Lipinski definition) is 2. The Labute approximate surface area is 124 Å². The van der Waals surface area contributed by atoms with Crippen molar-refractivity contribution < 1.29 is 14.7 Å². The Hall–Kier alpha value is -2.10. The first-order valence-corrected chi connectivity index (χ1v) is 7.38. The maximum atomic E-state index is 12.2. The molecule has 21 heavy (non-hydrogen) atoms. The molecule has 1 unspecified atom stereocenters. The number of aliphatic carboxylic acids is 1. The molecule has 0 radical (unpaired) electrons. The van der Waals surface area contributed by atoms with E-state index in [1.165, 1.54) is 17.5 Å². The lowest BCUT2D eigenvalue weighted by atomic mass is 9.90. The van der Waals surface area contributed by atoms with Crippen molar-refractivity contribution in [2.24, 2.45) is 0 Å². The van der Waals surface area contributed by atoms with Gasteiger partial charge in [-0.15, -0.1) is 0 Å². The smallest absolute Gasteiger partial charge is 0.326 e. The third kappa shape index (κ3) is 3.94. The number of aryl methyl sites for hydroxylation is 2. The van der Waals surface area contributed by atoms with Gasteiger partial charge >= 0.3 is 5.97 Å². The molecule has 0 saturated carbocycles. The fraction of sp³-hybridized carbons (Fsp3) is 0.412. The first-order valence-electron chi connectivity index (χ1n) is 7.38. The molecule has 1 aliphatic rings. The molecule has 0 bridgehead atoms. The molecule has 1 aromatic carbocycles. The quantitative estimate of drug-likeness (QED) is 0.818. The molecule has 1 aliphatic carbocycles. The summed E-state index contributed by atoms with van der Waals surface area (Å²) in [7, 11) is 0. The number of hydrogen-bond acceptors (Lipinski definition) is 2. The van der Waals surface area contributed by atoms with E-state index in [1.54, 1.807) is 18.2 Å². The van der Waals surface area contributed by atoms with Crippen LogP contribution in [-0.4, -0.2) is 23.0 Å². The molecule has 0 fully saturated rings. The summed E-state index contributed by atoms with van der Waals surface area (Å²) in [5.74, 6) is -1.33. The molecule has 4 heteroatoms. The zero-order chi connectivity index (χ0) is 15.2. The molecular formula is C17H21NO3. The third-order valence-corrected chi connectivity index (χ3v) is 3.82. The van der Waals surface area contributed by atoms with Crippen LogP contribution < -0.4 is 5.32 Å². The van der Waals surface area contributed by atoms with Gasteiger partial charge in [-0.3, -0.25) is 4.79 Å². The molecule has 4 nitrogen and oxygen atoms in total. The Bertz CT molecular complexity index is 563. The summed E-state index contributed by atoms with van der Waals surface area (Å²) in [6.07, 6.45) is 8.23. The molecule has 0 saturated heterocycles. The van der Waals surface area contributed by atoms with Gasteiger partial charge in [0.05, 0.1) is 0 Å². The van der Waals surface area contributed by atoms with Crippen molar-refractivity contribution in [1.82, 2.24) is 5.32 Å². The van der Waals surface area contributed by atoms with Crippen molar-refractivity contribution in [3.05, 3.63) is 47.0 Å². The predicted octanol–water partition coefficient (Wildman–Crippen LogP) is 2.71. The molecule has 1 aromatic rings. The number of fused-ring (bicyclic) bond motifs is 1. The molecule has 0 aliphatic heterocycles. The second-order valence-corrected chi connectivity index (χ2v) is 5.36. The summed E-state index contributed by atoms with van der Waals surface area (Å²) < 4.78 is 0. The van der Waals surface area contributed by atoms with Crippen LogP contribution in [-0.2, 0) is 17.6 Å². The van der Waals surface area contributed by atoms with Crippen LogP contribution in [0, 0.1) is 0 Å². The average molecular weight is 287 g/mol. The molecular weight excluding hydrogens is 266 g/mol. The first kappa shape index (κ1) is 15.3. The van der Waals surface area contributed by atoms with Crippen molar-refractivity contribution in [3.63, 3.8) is 0 Å². The van der Waals surface area contributed by atoms with E-state index in [0.29, 0.717) is 12.0 Å². The van der Waals surface area contributed by atoms with Gasteiger partial charge in [0.25, 0.3) is 5.91 Å². The number of nitrogens with one attached hydrogen (secondary N) is 1. The van der Waals surface area contributed by atoms with E-state index in [-0.39, 0.29) is 5.91 Å². The van der Waals surface area contributed by atoms with Crippen molar-refractivity contribution in [3.8, 4) is 0 Å². The van der Waals surface area contributed by atoms with Crippen LogP contribution in [0.2, 0.25) is 0 Å². The highest BCUT2D eigenvalue weighted by Gasteiger charge is 2.20. The van der Waals surface area contributed by atoms with Gasteiger partial charge in [0.15, 0.2) is 0 Å². The minimum Gasteiger partial charge on any atom is -0.480 e. The van der Waals surface area contributed by atoms with Gasteiger partial charge < -0.3 is 10.4 Å². The second-order valence-electron chi connectivity index (χ2n) is 5.36. The van der Waals surface area contributed by atoms with Crippen LogP contribution in [0.25, 0.3) is 0 Å². The maximum Gasteiger partial charge on any atom is 0.326 e. The van der Waals surface area contributed by atoms with Crippen LogP contribution in [0.4, 0.5) is 0 Å². The molecule has 0 aromatic heterocycles. The van der Waals surface area contributed by atoms with E-state index in [0.717, 1.165) is 19.3 Å². The fourth-order valence-electron chi connectivity index (χ4n) is 2.61. The van der Waals surface area contributed by atoms with Crippen molar-refractivity contribution in [2.45, 2.75) is 45.1 Å². The maximum absolute atomic E-state index is 12.2. The van der Waals surface area contributed by atoms with Gasteiger partial charge in [0.1, 0.15) is 6.04 Å². The van der Waals surface area contributed by atoms with Crippen molar-refractivity contribution >= 4 is 11.9 Å². The van der Waals surface area contributed by atoms with Crippen LogP contribution in [0.15, 0.2) is 30.4 Å². The third-order valence-electron chi connectivity index (χ3n) is 3.82. The summed E-state index contributed by atoms with van der Waals surface area (Å²) in [5.41, 5.74) is 3.07. The lowest BCUT2D eigenvalue weighted by molar-refractivity contribution is -0.139. The van der Waals surface area contributed by atoms with Crippen LogP contribution in [0.5, 0.6) is 0 Å². The van der Waals surface area contributed by atoms with Gasteiger partial charge in [0.2, 0.25) is 0 Å². The number of amides is 1. The van der Waals surface area contributed by atoms with Crippen LogP contribution in [0.3, 0.4) is 0 Å². The monoisotopic (exact) mass is 287 g/mol. The number of carbonyl (C=O) groups excluding carboxylic acids is 1. The lowest BCUT2D eigenvalue weighted by Crippen LogP contribution is -2.40. The largest absolute Gasteiger partial charge is 0.480 e. The minimum atomic E-state index is -1.01. The van der Waals surface area contributed by atoms with Crippen LogP contribution >= 0.6 is 0 Å². The summed E-state index contributed by atoms with van der Waals surface area (Å²) in [4.78, 5) is 23.4. The topological polar surface area (TPSA) is 66.4 Å². The first-order chi connectivity index (χ1) is 10.1. The summed E-state index contributed by atoms with van der Waals surface area (Å²) in [6, 6.07) is 4.79. The number of benzene rings is 1. The fourth-order valence-corrected chi connectivity index (χ4v) is 2.61. The number of carboxylic acids is 1. The normalized spacial score (nSPS) is 15.5. The van der Waals surface area contributed by atoms with Crippen molar-refractivity contribution in [1.29, 1.82) is 0 Å². The highest BCUT2D eigenvalue weighted by Crippen LogP contribution is 2.22. The number of rotatable bonds is 5. The summed E-state index contributed by atoms with van der Waals surface area (Å²) in [6.45, 7) is 1.82. The average Bonchev–Trinajstić information content (AvgIpc) is 2.50. The van der Waals surface area contributed by atoms with E-state index >= 15 is 0 Å². The lowest BCUT2D eigenvalue weighted by Gasteiger charge is -2.17. The molecule has 2 rings (SSSR count). The highest BCUT2D eigenvalue weighted by molar-refractivity contribution is 5.96. The second kappa shape index (κ2) is 7.07. The summed E-state index contributed by atoms with van der Waals surface area (Å²) in [5, 5.41) is 11.7. The Balaban J connectivity index is 2.10. The molecule has 0 spiro atoms. The number of carboxylic acid groups (broad SMARTS) is 1. The Kier molecular flexibility index (Phi) is 5.14. The number of carbonyl (C=O) groups is 2. The van der Waals surface area contributed by atoms with E-state index in [9.17, 15) is 9.59 Å². The highest BCUT2D eigenvalue weighted by atomic mass is 16.4. The molecule has 2 N–H and O–H groups in total. The zero-order valence-electron chi connectivity index (χ0n) is 12.3. The standard InChI is InChI=1S/C17H21NO3/c1-2-3-8-15(17(20)21)18-16(19)14-10-9-12-6-4-5-7-13(12)11-14/h2-3,9-11,15H,4-8H2,1H3,(H,18,19)(H,20,21)/b3-2+. The van der Waals surface area contributed by atoms with Crippen LogP contribution in [0.1, 0.15) is 47.7 Å². The minimum absolute atomic E-state index is 0.294. The van der Waals surface area contributed by atoms with E-state index in [1.807, 2.05) is 19.1 Å². The SMILES string of the molecule is C/C=C/CC(NC(=O)c1ccc2c(c1)CCCC2)C(=O)O. The Morgan fingerprint density at radius 2 is 2.00 bits per heavy atom. The molecule has 1 amide bonds. The van der Waals surface area contributed by atoms with Gasteiger partial charge in [-0.25, -0.2) is 4.79 Å². The van der Waals surface area contributed by atoms with Gasteiger partial charge in [-0.1, -0.05) is 18.2 Å². The predicted molar refractivity (Wildman–Crippen MR) is 81.4 cm³/mol. The Morgan fingerprint density at radius 1 is 1.29 bits per heavy atom. The van der Waals surface area contributed by atoms with Gasteiger partial charge in [-0.05, 0) is 62.3 Å². The van der Waals surface area contributed by atoms with E-state index < -0.39 is 12.0 Å². The zero-order valence-corrected chi connectivity index (χ0v) is 12.3. The van der Waals surface area contributed by atoms with E-state index in [2.05, 4.69) is 5.32 Å². The molecule has 1 atom stereocenters. The van der Waals surface area contributed by atoms with Crippen molar-refractivity contribution in [2.75, 3.05) is 0 Å². The Morgan fingerprint density at radius 3 is 2.67 bits per heavy atom. The summed E-state index contributed by atoms with van der Waals surface area (Å²) >= 11 is 0. The molecule has 112 valence electrons. The number of allylic oxidation sites excluding steroid dienone is 1. The van der Waals surface area contributed by atoms with Gasteiger partial charge in [-0.2, -0.15) is 0 Å². The molecule has 0 heterocycles. The van der Waals surface area contributed by atoms with E-state index in [4.69, 9.17) is 5.11 Å².